The predicted octanol–water partition coefficient (Wildman–Crippen LogP) is 1.41. The molecule has 1 aromatic carbocycles. The second-order valence-electron chi connectivity index (χ2n) is 5.38. The van der Waals surface area contributed by atoms with Gasteiger partial charge in [-0.2, -0.15) is 5.10 Å². The molecule has 2 heterocycles. The number of pyridine rings is 2. The number of aromatic amines is 1. The van der Waals surface area contributed by atoms with Gasteiger partial charge in [-0.05, 0) is 18.2 Å². The highest BCUT2D eigenvalue weighted by molar-refractivity contribution is 6.02. The Bertz CT molecular complexity index is 1080. The molecule has 0 bridgehead atoms. The summed E-state index contributed by atoms with van der Waals surface area (Å²) in [6.07, 6.45) is 2.89. The van der Waals surface area contributed by atoms with Crippen LogP contribution in [0.2, 0.25) is 0 Å². The van der Waals surface area contributed by atoms with Crippen LogP contribution in [0, 0.1) is 0 Å². The second-order valence-corrected chi connectivity index (χ2v) is 5.38. The first-order valence-corrected chi connectivity index (χ1v) is 7.80. The highest BCUT2D eigenvalue weighted by atomic mass is 16.5. The number of aromatic hydroxyl groups is 1. The number of carbonyl (C=O) groups excluding carboxylic acids is 1. The Morgan fingerprint density at radius 2 is 2.00 bits per heavy atom. The first kappa shape index (κ1) is 17.9. The first-order chi connectivity index (χ1) is 13.0. The van der Waals surface area contributed by atoms with E-state index in [1.54, 1.807) is 24.4 Å². The lowest BCUT2D eigenvalue weighted by atomic mass is 10.1. The third-order valence-electron chi connectivity index (χ3n) is 3.77. The van der Waals surface area contributed by atoms with Gasteiger partial charge in [-0.15, -0.1) is 0 Å². The summed E-state index contributed by atoms with van der Waals surface area (Å²) in [7, 11) is 2.88. The number of hydrogen-bond donors (Lipinski definition) is 3. The van der Waals surface area contributed by atoms with Crippen LogP contribution in [0.4, 0.5) is 0 Å². The number of methoxy groups -OCH3 is 2. The molecule has 0 saturated heterocycles. The molecule has 9 heteroatoms. The predicted molar refractivity (Wildman–Crippen MR) is 98.6 cm³/mol. The van der Waals surface area contributed by atoms with Crippen molar-refractivity contribution in [3.63, 3.8) is 0 Å². The molecule has 0 fully saturated rings. The normalized spacial score (nSPS) is 10.9. The molecule has 0 radical (unpaired) electrons. The molecule has 9 nitrogen and oxygen atoms in total. The number of nitrogens with zero attached hydrogens (tertiary/aromatic N) is 2. The summed E-state index contributed by atoms with van der Waals surface area (Å²) in [5, 5.41) is 14.4. The van der Waals surface area contributed by atoms with E-state index in [4.69, 9.17) is 9.47 Å². The highest BCUT2D eigenvalue weighted by Crippen LogP contribution is 2.35. The van der Waals surface area contributed by atoms with Gasteiger partial charge in [0.25, 0.3) is 11.5 Å². The quantitative estimate of drug-likeness (QED) is 0.462. The van der Waals surface area contributed by atoms with Crippen molar-refractivity contribution in [3.05, 3.63) is 58.1 Å². The Balaban J connectivity index is 1.97. The van der Waals surface area contributed by atoms with E-state index in [1.807, 2.05) is 0 Å². The number of carbonyl (C=O) groups is 1. The number of H-pyrrole nitrogens is 1. The Hall–Kier alpha value is -3.88. The minimum Gasteiger partial charge on any atom is -0.506 e. The summed E-state index contributed by atoms with van der Waals surface area (Å²) in [6, 6.07) is 8.16. The van der Waals surface area contributed by atoms with Crippen molar-refractivity contribution in [2.75, 3.05) is 14.2 Å². The van der Waals surface area contributed by atoms with Gasteiger partial charge in [0.05, 0.1) is 31.6 Å². The zero-order valence-electron chi connectivity index (χ0n) is 14.5. The monoisotopic (exact) mass is 368 g/mol. The minimum atomic E-state index is -0.863. The van der Waals surface area contributed by atoms with Gasteiger partial charge in [0.15, 0.2) is 11.5 Å². The van der Waals surface area contributed by atoms with Gasteiger partial charge in [0, 0.05) is 17.6 Å². The van der Waals surface area contributed by atoms with Crippen molar-refractivity contribution in [1.82, 2.24) is 15.4 Å². The number of hydrogen-bond acceptors (Lipinski definition) is 7. The summed E-state index contributed by atoms with van der Waals surface area (Å²) >= 11 is 0. The maximum absolute atomic E-state index is 12.3. The molecular weight excluding hydrogens is 352 g/mol. The number of rotatable bonds is 5. The van der Waals surface area contributed by atoms with Crippen LogP contribution < -0.4 is 20.5 Å². The summed E-state index contributed by atoms with van der Waals surface area (Å²) in [6.45, 7) is 0. The van der Waals surface area contributed by atoms with Crippen LogP contribution in [0.1, 0.15) is 16.1 Å². The van der Waals surface area contributed by atoms with Gasteiger partial charge in [-0.25, -0.2) is 5.43 Å². The number of fused-ring (bicyclic) bond motifs is 1. The third kappa shape index (κ3) is 3.56. The third-order valence-corrected chi connectivity index (χ3v) is 3.77. The zero-order valence-corrected chi connectivity index (χ0v) is 14.5. The van der Waals surface area contributed by atoms with Crippen LogP contribution in [0.5, 0.6) is 17.2 Å². The van der Waals surface area contributed by atoms with E-state index >= 15 is 0 Å². The highest BCUT2D eigenvalue weighted by Gasteiger charge is 2.20. The molecule has 0 spiro atoms. The summed E-state index contributed by atoms with van der Waals surface area (Å²) in [5.41, 5.74) is 1.78. The number of benzene rings is 1. The Labute approximate surface area is 153 Å². The van der Waals surface area contributed by atoms with Gasteiger partial charge in [0.1, 0.15) is 11.3 Å². The Kier molecular flexibility index (Phi) is 5.02. The molecule has 1 amide bonds. The van der Waals surface area contributed by atoms with E-state index in [1.165, 1.54) is 32.6 Å². The lowest BCUT2D eigenvalue weighted by Crippen LogP contribution is -2.26. The molecule has 27 heavy (non-hydrogen) atoms. The fourth-order valence-corrected chi connectivity index (χ4v) is 2.48. The van der Waals surface area contributed by atoms with Crippen LogP contribution in [0.15, 0.2) is 46.4 Å². The van der Waals surface area contributed by atoms with Gasteiger partial charge in [-0.1, -0.05) is 6.07 Å². The van der Waals surface area contributed by atoms with Gasteiger partial charge < -0.3 is 19.6 Å². The minimum absolute atomic E-state index is 0.228. The number of nitrogens with one attached hydrogen (secondary N) is 2. The fourth-order valence-electron chi connectivity index (χ4n) is 2.48. The number of amides is 1. The van der Waals surface area contributed by atoms with Crippen LogP contribution in [-0.4, -0.2) is 41.4 Å². The summed E-state index contributed by atoms with van der Waals surface area (Å²) in [5.74, 6) is -0.637. The molecule has 0 unspecified atom stereocenters. The van der Waals surface area contributed by atoms with Crippen LogP contribution in [0.3, 0.4) is 0 Å². The average Bonchev–Trinajstić information content (AvgIpc) is 2.68. The number of hydrazone groups is 1. The molecule has 138 valence electrons. The smallest absolute Gasteiger partial charge is 0.280 e. The van der Waals surface area contributed by atoms with E-state index in [-0.39, 0.29) is 5.39 Å². The maximum atomic E-state index is 12.3. The van der Waals surface area contributed by atoms with Gasteiger partial charge in [-0.3, -0.25) is 14.6 Å². The van der Waals surface area contributed by atoms with Crippen LogP contribution in [-0.2, 0) is 0 Å². The van der Waals surface area contributed by atoms with E-state index < -0.39 is 22.8 Å². The van der Waals surface area contributed by atoms with Crippen molar-refractivity contribution in [3.8, 4) is 17.2 Å². The summed E-state index contributed by atoms with van der Waals surface area (Å²) < 4.78 is 10.3. The van der Waals surface area contributed by atoms with E-state index in [0.717, 1.165) is 0 Å². The van der Waals surface area contributed by atoms with Crippen LogP contribution in [0.25, 0.3) is 10.9 Å². The average molecular weight is 368 g/mol. The maximum Gasteiger partial charge on any atom is 0.280 e. The molecule has 3 rings (SSSR count). The van der Waals surface area contributed by atoms with E-state index in [0.29, 0.717) is 22.7 Å². The van der Waals surface area contributed by atoms with E-state index in [9.17, 15) is 14.7 Å². The topological polar surface area (TPSA) is 126 Å². The van der Waals surface area contributed by atoms with Gasteiger partial charge >= 0.3 is 0 Å². The molecule has 3 N–H and O–H groups in total. The standard InChI is InChI=1S/C18H16N4O5/c1-26-13-7-11-12(8-14(13)27-2)21-17(24)15(16(11)23)18(25)22-20-9-10-5-3-4-6-19-10/h3-9H,1-2H3,(H,22,25)(H2,21,23,24)/b20-9+. The first-order valence-electron chi connectivity index (χ1n) is 7.80. The van der Waals surface area contributed by atoms with Gasteiger partial charge in [0.2, 0.25) is 0 Å². The molecule has 2 aromatic heterocycles. The molecule has 0 atom stereocenters. The zero-order chi connectivity index (χ0) is 19.4. The van der Waals surface area contributed by atoms with E-state index in [2.05, 4.69) is 20.5 Å². The molecule has 0 aliphatic heterocycles. The molecular formula is C18H16N4O5. The fraction of sp³-hybridized carbons (Fsp3) is 0.111. The van der Waals surface area contributed by atoms with Crippen molar-refractivity contribution >= 4 is 23.0 Å². The number of aromatic nitrogens is 2. The molecule has 3 aromatic rings. The molecule has 0 aliphatic carbocycles. The SMILES string of the molecule is COc1cc2[nH]c(=O)c(C(=O)N/N=C/c3ccccn3)c(O)c2cc1OC. The van der Waals surface area contributed by atoms with Crippen molar-refractivity contribution < 1.29 is 19.4 Å². The van der Waals surface area contributed by atoms with Crippen LogP contribution >= 0.6 is 0 Å². The lowest BCUT2D eigenvalue weighted by molar-refractivity contribution is 0.0951. The largest absolute Gasteiger partial charge is 0.506 e. The molecule has 0 aliphatic rings. The Morgan fingerprint density at radius 1 is 1.26 bits per heavy atom. The molecule has 0 saturated carbocycles. The number of ether oxygens (including phenoxy) is 2. The second kappa shape index (κ2) is 7.56. The van der Waals surface area contributed by atoms with Crippen molar-refractivity contribution in [2.45, 2.75) is 0 Å². The van der Waals surface area contributed by atoms with Crippen molar-refractivity contribution in [2.24, 2.45) is 5.10 Å². The summed E-state index contributed by atoms with van der Waals surface area (Å²) in [4.78, 5) is 31.1. The lowest BCUT2D eigenvalue weighted by Gasteiger charge is -2.11. The Morgan fingerprint density at radius 3 is 2.67 bits per heavy atom. The van der Waals surface area contributed by atoms with Crippen molar-refractivity contribution in [1.29, 1.82) is 0 Å².